The third-order valence-electron chi connectivity index (χ3n) is 3.99. The second kappa shape index (κ2) is 6.35. The maximum atomic E-state index is 12.3. The Kier molecular flexibility index (Phi) is 4.73. The number of hydrogen-bond acceptors (Lipinski definition) is 4. The second-order valence-electron chi connectivity index (χ2n) is 5.79. The number of phenolic OH excluding ortho intramolecular Hbond substituents is 1. The van der Waals surface area contributed by atoms with Crippen molar-refractivity contribution in [1.29, 1.82) is 0 Å². The van der Waals surface area contributed by atoms with Gasteiger partial charge in [-0.05, 0) is 25.5 Å². The monoisotopic (exact) mass is 292 g/mol. The van der Waals surface area contributed by atoms with Gasteiger partial charge in [-0.1, -0.05) is 25.5 Å². The van der Waals surface area contributed by atoms with E-state index in [9.17, 15) is 15.0 Å². The van der Waals surface area contributed by atoms with Gasteiger partial charge in [-0.2, -0.15) is 0 Å². The van der Waals surface area contributed by atoms with Crippen molar-refractivity contribution in [2.75, 3.05) is 31.1 Å². The van der Waals surface area contributed by atoms with Crippen LogP contribution in [0.25, 0.3) is 0 Å². The molecule has 0 radical (unpaired) electrons. The summed E-state index contributed by atoms with van der Waals surface area (Å²) in [5, 5.41) is 20.1. The molecule has 0 aliphatic carbocycles. The third-order valence-corrected chi connectivity index (χ3v) is 3.99. The van der Waals surface area contributed by atoms with Gasteiger partial charge in [0, 0.05) is 26.2 Å². The predicted molar refractivity (Wildman–Crippen MR) is 82.4 cm³/mol. The minimum absolute atomic E-state index is 0.193. The van der Waals surface area contributed by atoms with Crippen LogP contribution in [0.4, 0.5) is 5.69 Å². The highest BCUT2D eigenvalue weighted by molar-refractivity contribution is 5.84. The SMILES string of the molecule is CCCC(C)(O)C(=O)N1CCN(c2ccccc2O)CC1. The van der Waals surface area contributed by atoms with E-state index in [1.165, 1.54) is 0 Å². The van der Waals surface area contributed by atoms with Crippen molar-refractivity contribution >= 4 is 11.6 Å². The fourth-order valence-corrected chi connectivity index (χ4v) is 2.82. The zero-order valence-corrected chi connectivity index (χ0v) is 12.7. The Balaban J connectivity index is 1.98. The van der Waals surface area contributed by atoms with E-state index >= 15 is 0 Å². The number of phenols is 1. The van der Waals surface area contributed by atoms with Crippen molar-refractivity contribution in [3.05, 3.63) is 24.3 Å². The van der Waals surface area contributed by atoms with Crippen LogP contribution in [-0.4, -0.2) is 52.8 Å². The molecule has 1 saturated heterocycles. The molecule has 1 amide bonds. The van der Waals surface area contributed by atoms with E-state index in [-0.39, 0.29) is 11.7 Å². The molecule has 1 atom stereocenters. The normalized spacial score (nSPS) is 18.4. The summed E-state index contributed by atoms with van der Waals surface area (Å²) in [6.07, 6.45) is 1.25. The van der Waals surface area contributed by atoms with E-state index in [0.29, 0.717) is 32.6 Å². The van der Waals surface area contributed by atoms with Crippen LogP contribution in [0.15, 0.2) is 24.3 Å². The van der Waals surface area contributed by atoms with Gasteiger partial charge in [-0.25, -0.2) is 0 Å². The number of carbonyl (C=O) groups excluding carboxylic acids is 1. The Labute approximate surface area is 125 Å². The lowest BCUT2D eigenvalue weighted by Gasteiger charge is -2.39. The number of anilines is 1. The molecular formula is C16H24N2O3. The highest BCUT2D eigenvalue weighted by Gasteiger charge is 2.35. The van der Waals surface area contributed by atoms with E-state index in [1.54, 1.807) is 24.0 Å². The van der Waals surface area contributed by atoms with Crippen molar-refractivity contribution in [2.24, 2.45) is 0 Å². The fourth-order valence-electron chi connectivity index (χ4n) is 2.82. The highest BCUT2D eigenvalue weighted by Crippen LogP contribution is 2.27. The van der Waals surface area contributed by atoms with Crippen LogP contribution in [0.3, 0.4) is 0 Å². The molecule has 2 rings (SSSR count). The van der Waals surface area contributed by atoms with Crippen molar-refractivity contribution in [3.8, 4) is 5.75 Å². The molecule has 116 valence electrons. The molecule has 1 unspecified atom stereocenters. The van der Waals surface area contributed by atoms with Gasteiger partial charge in [0.1, 0.15) is 11.4 Å². The molecule has 1 fully saturated rings. The molecule has 5 nitrogen and oxygen atoms in total. The van der Waals surface area contributed by atoms with Gasteiger partial charge < -0.3 is 20.0 Å². The van der Waals surface area contributed by atoms with Crippen molar-refractivity contribution in [2.45, 2.75) is 32.3 Å². The molecule has 5 heteroatoms. The molecule has 1 heterocycles. The van der Waals surface area contributed by atoms with Gasteiger partial charge in [0.15, 0.2) is 0 Å². The lowest BCUT2D eigenvalue weighted by atomic mass is 9.98. The zero-order valence-electron chi connectivity index (χ0n) is 12.7. The first kappa shape index (κ1) is 15.6. The smallest absolute Gasteiger partial charge is 0.254 e. The van der Waals surface area contributed by atoms with Crippen LogP contribution >= 0.6 is 0 Å². The molecule has 0 aromatic heterocycles. The number of para-hydroxylation sites is 2. The molecule has 21 heavy (non-hydrogen) atoms. The first-order valence-electron chi connectivity index (χ1n) is 7.50. The summed E-state index contributed by atoms with van der Waals surface area (Å²) in [6, 6.07) is 7.22. The number of aromatic hydroxyl groups is 1. The highest BCUT2D eigenvalue weighted by atomic mass is 16.3. The Morgan fingerprint density at radius 2 is 1.86 bits per heavy atom. The van der Waals surface area contributed by atoms with Gasteiger partial charge >= 0.3 is 0 Å². The lowest BCUT2D eigenvalue weighted by molar-refractivity contribution is -0.150. The number of piperazine rings is 1. The summed E-state index contributed by atoms with van der Waals surface area (Å²) in [7, 11) is 0. The van der Waals surface area contributed by atoms with Crippen molar-refractivity contribution in [1.82, 2.24) is 4.90 Å². The molecule has 1 aliphatic heterocycles. The van der Waals surface area contributed by atoms with Crippen molar-refractivity contribution in [3.63, 3.8) is 0 Å². The standard InChI is InChI=1S/C16H24N2O3/c1-3-8-16(2,21)15(20)18-11-9-17(10-12-18)13-6-4-5-7-14(13)19/h4-7,19,21H,3,8-12H2,1-2H3. The third kappa shape index (κ3) is 3.47. The van der Waals surface area contributed by atoms with E-state index in [1.807, 2.05) is 19.1 Å². The predicted octanol–water partition coefficient (Wildman–Crippen LogP) is 1.59. The minimum Gasteiger partial charge on any atom is -0.506 e. The molecular weight excluding hydrogens is 268 g/mol. The number of aliphatic hydroxyl groups is 1. The average molecular weight is 292 g/mol. The van der Waals surface area contributed by atoms with Crippen LogP contribution in [-0.2, 0) is 4.79 Å². The maximum absolute atomic E-state index is 12.3. The maximum Gasteiger partial charge on any atom is 0.254 e. The number of benzene rings is 1. The summed E-state index contributed by atoms with van der Waals surface area (Å²) < 4.78 is 0. The summed E-state index contributed by atoms with van der Waals surface area (Å²) in [6.45, 7) is 5.99. The van der Waals surface area contributed by atoms with Gasteiger partial charge in [-0.15, -0.1) is 0 Å². The summed E-state index contributed by atoms with van der Waals surface area (Å²) in [5.74, 6) is 0.0662. The Bertz CT molecular complexity index is 494. The summed E-state index contributed by atoms with van der Waals surface area (Å²) >= 11 is 0. The van der Waals surface area contributed by atoms with Crippen LogP contribution in [0, 0.1) is 0 Å². The Morgan fingerprint density at radius 3 is 2.43 bits per heavy atom. The second-order valence-corrected chi connectivity index (χ2v) is 5.79. The van der Waals surface area contributed by atoms with E-state index in [4.69, 9.17) is 0 Å². The van der Waals surface area contributed by atoms with E-state index in [2.05, 4.69) is 4.90 Å². The first-order valence-corrected chi connectivity index (χ1v) is 7.50. The van der Waals surface area contributed by atoms with E-state index in [0.717, 1.165) is 12.1 Å². The van der Waals surface area contributed by atoms with Gasteiger partial charge in [0.25, 0.3) is 5.91 Å². The van der Waals surface area contributed by atoms with Crippen LogP contribution < -0.4 is 4.90 Å². The van der Waals surface area contributed by atoms with Crippen LogP contribution in [0.1, 0.15) is 26.7 Å². The largest absolute Gasteiger partial charge is 0.506 e. The number of amides is 1. The Hall–Kier alpha value is -1.75. The zero-order chi connectivity index (χ0) is 15.5. The van der Waals surface area contributed by atoms with Gasteiger partial charge in [0.05, 0.1) is 5.69 Å². The Morgan fingerprint density at radius 1 is 1.24 bits per heavy atom. The molecule has 1 aliphatic rings. The fraction of sp³-hybridized carbons (Fsp3) is 0.562. The molecule has 1 aromatic rings. The number of rotatable bonds is 4. The topological polar surface area (TPSA) is 64.0 Å². The van der Waals surface area contributed by atoms with Crippen LogP contribution in [0.2, 0.25) is 0 Å². The van der Waals surface area contributed by atoms with Gasteiger partial charge in [-0.3, -0.25) is 4.79 Å². The minimum atomic E-state index is -1.27. The number of carbonyl (C=O) groups is 1. The number of nitrogens with zero attached hydrogens (tertiary/aromatic N) is 2. The summed E-state index contributed by atoms with van der Waals surface area (Å²) in [5.41, 5.74) is -0.476. The van der Waals surface area contributed by atoms with Crippen LogP contribution in [0.5, 0.6) is 5.75 Å². The molecule has 0 saturated carbocycles. The molecule has 2 N–H and O–H groups in total. The van der Waals surface area contributed by atoms with E-state index < -0.39 is 5.60 Å². The summed E-state index contributed by atoms with van der Waals surface area (Å²) in [4.78, 5) is 16.1. The molecule has 0 bridgehead atoms. The quantitative estimate of drug-likeness (QED) is 0.884. The molecule has 1 aromatic carbocycles. The average Bonchev–Trinajstić information content (AvgIpc) is 2.47. The van der Waals surface area contributed by atoms with Crippen molar-refractivity contribution < 1.29 is 15.0 Å². The van der Waals surface area contributed by atoms with Gasteiger partial charge in [0.2, 0.25) is 0 Å². The lowest BCUT2D eigenvalue weighted by Crippen LogP contribution is -2.55. The number of hydrogen-bond donors (Lipinski definition) is 2. The molecule has 0 spiro atoms. The first-order chi connectivity index (χ1) is 9.95.